The molecule has 3 rings (SSSR count). The largest absolute Gasteiger partial charge is 0.497 e. The number of nitrogens with zero attached hydrogens (tertiary/aromatic N) is 1. The number of ether oxygens (including phenoxy) is 2. The number of carbonyl (C=O) groups excluding carboxylic acids is 1. The Morgan fingerprint density at radius 2 is 2.09 bits per heavy atom. The second kappa shape index (κ2) is 6.69. The van der Waals surface area contributed by atoms with Crippen molar-refractivity contribution in [1.82, 2.24) is 4.90 Å². The molecule has 2 aliphatic heterocycles. The molecule has 22 heavy (non-hydrogen) atoms. The van der Waals surface area contributed by atoms with Crippen molar-refractivity contribution >= 4 is 5.91 Å². The SMILES string of the molecule is COc1cccc(CC(=O)N2CCC3(CCCCO3)CC2)c1. The molecule has 2 aliphatic rings. The molecule has 2 heterocycles. The Morgan fingerprint density at radius 1 is 1.27 bits per heavy atom. The summed E-state index contributed by atoms with van der Waals surface area (Å²) in [5.41, 5.74) is 1.07. The summed E-state index contributed by atoms with van der Waals surface area (Å²) < 4.78 is 11.2. The number of hydrogen-bond acceptors (Lipinski definition) is 3. The standard InChI is InChI=1S/C18H25NO3/c1-21-16-6-4-5-15(13-16)14-17(20)19-10-8-18(9-11-19)7-2-3-12-22-18/h4-6,13H,2-3,7-12,14H2,1H3. The van der Waals surface area contributed by atoms with E-state index in [1.54, 1.807) is 7.11 Å². The van der Waals surface area contributed by atoms with Gasteiger partial charge in [-0.2, -0.15) is 0 Å². The van der Waals surface area contributed by atoms with Gasteiger partial charge in [-0.25, -0.2) is 0 Å². The van der Waals surface area contributed by atoms with Gasteiger partial charge in [0.05, 0.1) is 19.1 Å². The maximum absolute atomic E-state index is 12.5. The first-order valence-corrected chi connectivity index (χ1v) is 8.25. The highest BCUT2D eigenvalue weighted by Gasteiger charge is 2.37. The summed E-state index contributed by atoms with van der Waals surface area (Å²) in [6, 6.07) is 7.76. The topological polar surface area (TPSA) is 38.8 Å². The van der Waals surface area contributed by atoms with Gasteiger partial charge in [0.2, 0.25) is 5.91 Å². The Morgan fingerprint density at radius 3 is 2.77 bits per heavy atom. The first kappa shape index (κ1) is 15.3. The molecule has 0 atom stereocenters. The minimum absolute atomic E-state index is 0.0605. The summed E-state index contributed by atoms with van der Waals surface area (Å²) in [5, 5.41) is 0. The number of benzene rings is 1. The number of carbonyl (C=O) groups is 1. The summed E-state index contributed by atoms with van der Waals surface area (Å²) in [4.78, 5) is 14.5. The van der Waals surface area contributed by atoms with E-state index in [9.17, 15) is 4.79 Å². The van der Waals surface area contributed by atoms with Gasteiger partial charge in [-0.15, -0.1) is 0 Å². The molecule has 2 saturated heterocycles. The zero-order chi connectivity index (χ0) is 15.4. The second-order valence-electron chi connectivity index (χ2n) is 6.40. The van der Waals surface area contributed by atoms with Crippen LogP contribution in [0.3, 0.4) is 0 Å². The number of likely N-dealkylation sites (tertiary alicyclic amines) is 1. The highest BCUT2D eigenvalue weighted by molar-refractivity contribution is 5.79. The molecule has 0 saturated carbocycles. The Labute approximate surface area is 132 Å². The van der Waals surface area contributed by atoms with E-state index in [4.69, 9.17) is 9.47 Å². The van der Waals surface area contributed by atoms with Crippen molar-refractivity contribution in [1.29, 1.82) is 0 Å². The minimum Gasteiger partial charge on any atom is -0.497 e. The molecular formula is C18H25NO3. The van der Waals surface area contributed by atoms with Crippen LogP contribution < -0.4 is 4.74 Å². The Kier molecular flexibility index (Phi) is 4.67. The quantitative estimate of drug-likeness (QED) is 0.862. The summed E-state index contributed by atoms with van der Waals surface area (Å²) in [5.74, 6) is 1.01. The summed E-state index contributed by atoms with van der Waals surface area (Å²) in [7, 11) is 1.65. The molecule has 0 bridgehead atoms. The molecule has 120 valence electrons. The van der Waals surface area contributed by atoms with Crippen molar-refractivity contribution in [3.05, 3.63) is 29.8 Å². The van der Waals surface area contributed by atoms with Crippen molar-refractivity contribution in [3.63, 3.8) is 0 Å². The minimum atomic E-state index is 0.0605. The van der Waals surface area contributed by atoms with Crippen LogP contribution in [0.4, 0.5) is 0 Å². The maximum atomic E-state index is 12.5. The van der Waals surface area contributed by atoms with Gasteiger partial charge in [0.25, 0.3) is 0 Å². The molecule has 0 aromatic heterocycles. The number of piperidine rings is 1. The molecule has 0 unspecified atom stereocenters. The van der Waals surface area contributed by atoms with Crippen molar-refractivity contribution < 1.29 is 14.3 Å². The smallest absolute Gasteiger partial charge is 0.226 e. The third kappa shape index (κ3) is 3.43. The van der Waals surface area contributed by atoms with Gasteiger partial charge in [-0.1, -0.05) is 12.1 Å². The van der Waals surface area contributed by atoms with Crippen LogP contribution in [-0.4, -0.2) is 43.2 Å². The molecule has 4 heteroatoms. The highest BCUT2D eigenvalue weighted by Crippen LogP contribution is 2.34. The van der Waals surface area contributed by atoms with Crippen LogP contribution in [0.25, 0.3) is 0 Å². The Bertz CT molecular complexity index is 513. The molecule has 1 aromatic carbocycles. The zero-order valence-corrected chi connectivity index (χ0v) is 13.3. The van der Waals surface area contributed by atoms with Gasteiger partial charge in [0.15, 0.2) is 0 Å². The molecule has 0 N–H and O–H groups in total. The van der Waals surface area contributed by atoms with E-state index < -0.39 is 0 Å². The lowest BCUT2D eigenvalue weighted by Crippen LogP contribution is -2.49. The van der Waals surface area contributed by atoms with Gasteiger partial charge in [-0.05, 0) is 49.8 Å². The second-order valence-corrected chi connectivity index (χ2v) is 6.40. The highest BCUT2D eigenvalue weighted by atomic mass is 16.5. The predicted molar refractivity (Wildman–Crippen MR) is 85.0 cm³/mol. The van der Waals surface area contributed by atoms with Crippen LogP contribution in [0.15, 0.2) is 24.3 Å². The molecule has 1 amide bonds. The predicted octanol–water partition coefficient (Wildman–Crippen LogP) is 2.80. The van der Waals surface area contributed by atoms with E-state index >= 15 is 0 Å². The van der Waals surface area contributed by atoms with Gasteiger partial charge >= 0.3 is 0 Å². The summed E-state index contributed by atoms with van der Waals surface area (Å²) in [6.07, 6.45) is 6.02. The van der Waals surface area contributed by atoms with E-state index in [0.717, 1.165) is 50.3 Å². The number of rotatable bonds is 3. The summed E-state index contributed by atoms with van der Waals surface area (Å²) >= 11 is 0. The van der Waals surface area contributed by atoms with Gasteiger partial charge in [0, 0.05) is 19.7 Å². The monoisotopic (exact) mass is 303 g/mol. The van der Waals surface area contributed by atoms with Crippen molar-refractivity contribution in [2.45, 2.75) is 44.1 Å². The first-order chi connectivity index (χ1) is 10.7. The van der Waals surface area contributed by atoms with E-state index in [1.807, 2.05) is 29.2 Å². The van der Waals surface area contributed by atoms with Gasteiger partial charge in [0.1, 0.15) is 5.75 Å². The normalized spacial score (nSPS) is 20.9. The van der Waals surface area contributed by atoms with Crippen molar-refractivity contribution in [2.24, 2.45) is 0 Å². The first-order valence-electron chi connectivity index (χ1n) is 8.25. The van der Waals surface area contributed by atoms with Crippen LogP contribution >= 0.6 is 0 Å². The van der Waals surface area contributed by atoms with E-state index in [1.165, 1.54) is 12.8 Å². The molecule has 2 fully saturated rings. The lowest BCUT2D eigenvalue weighted by Gasteiger charge is -2.44. The van der Waals surface area contributed by atoms with E-state index in [0.29, 0.717) is 6.42 Å². The fourth-order valence-corrected chi connectivity index (χ4v) is 3.54. The van der Waals surface area contributed by atoms with E-state index in [-0.39, 0.29) is 11.5 Å². The van der Waals surface area contributed by atoms with Crippen LogP contribution in [0.2, 0.25) is 0 Å². The number of amides is 1. The fraction of sp³-hybridized carbons (Fsp3) is 0.611. The molecule has 1 spiro atoms. The van der Waals surface area contributed by atoms with E-state index in [2.05, 4.69) is 0 Å². The molecule has 0 radical (unpaired) electrons. The zero-order valence-electron chi connectivity index (χ0n) is 13.3. The molecule has 0 aliphatic carbocycles. The van der Waals surface area contributed by atoms with Crippen LogP contribution in [0.5, 0.6) is 5.75 Å². The average molecular weight is 303 g/mol. The third-order valence-corrected chi connectivity index (χ3v) is 4.95. The fourth-order valence-electron chi connectivity index (χ4n) is 3.54. The Balaban J connectivity index is 1.55. The molecule has 1 aromatic rings. The van der Waals surface area contributed by atoms with Crippen LogP contribution in [0.1, 0.15) is 37.7 Å². The van der Waals surface area contributed by atoms with Gasteiger partial charge < -0.3 is 14.4 Å². The molecular weight excluding hydrogens is 278 g/mol. The van der Waals surface area contributed by atoms with Crippen molar-refractivity contribution in [2.75, 3.05) is 26.8 Å². The number of hydrogen-bond donors (Lipinski definition) is 0. The average Bonchev–Trinajstić information content (AvgIpc) is 2.56. The maximum Gasteiger partial charge on any atom is 0.226 e. The van der Waals surface area contributed by atoms with Gasteiger partial charge in [-0.3, -0.25) is 4.79 Å². The Hall–Kier alpha value is -1.55. The lowest BCUT2D eigenvalue weighted by atomic mass is 9.84. The van der Waals surface area contributed by atoms with Crippen LogP contribution in [-0.2, 0) is 16.0 Å². The molecule has 4 nitrogen and oxygen atoms in total. The van der Waals surface area contributed by atoms with Crippen molar-refractivity contribution in [3.8, 4) is 5.75 Å². The lowest BCUT2D eigenvalue weighted by molar-refractivity contribution is -0.142. The third-order valence-electron chi connectivity index (χ3n) is 4.95. The number of methoxy groups -OCH3 is 1. The van der Waals surface area contributed by atoms with Crippen LogP contribution in [0, 0.1) is 0 Å². The summed E-state index contributed by atoms with van der Waals surface area (Å²) in [6.45, 7) is 2.53.